The summed E-state index contributed by atoms with van der Waals surface area (Å²) in [5, 5.41) is 0.135. The van der Waals surface area contributed by atoms with Gasteiger partial charge in [0.2, 0.25) is 0 Å². The first-order chi connectivity index (χ1) is 9.40. The van der Waals surface area contributed by atoms with Crippen molar-refractivity contribution in [1.82, 2.24) is 4.98 Å². The number of aromatic nitrogens is 1. The van der Waals surface area contributed by atoms with Crippen molar-refractivity contribution >= 4 is 33.0 Å². The molecule has 0 aliphatic carbocycles. The summed E-state index contributed by atoms with van der Waals surface area (Å²) >= 11 is 5.89. The maximum atomic E-state index is 12.3. The maximum absolute atomic E-state index is 12.3. The molecule has 0 atom stereocenters. The van der Waals surface area contributed by atoms with E-state index in [0.29, 0.717) is 5.69 Å². The number of hydrogen-bond acceptors (Lipinski definition) is 4. The van der Waals surface area contributed by atoms with Gasteiger partial charge in [-0.1, -0.05) is 17.7 Å². The zero-order valence-electron chi connectivity index (χ0n) is 11.0. The van der Waals surface area contributed by atoms with Gasteiger partial charge >= 0.3 is 0 Å². The quantitative estimate of drug-likeness (QED) is 0.942. The van der Waals surface area contributed by atoms with Crippen LogP contribution in [-0.4, -0.2) is 27.5 Å². The number of sulfonamides is 1. The summed E-state index contributed by atoms with van der Waals surface area (Å²) in [5.41, 5.74) is 1.36. The van der Waals surface area contributed by atoms with Crippen LogP contribution in [0, 0.1) is 0 Å². The molecule has 106 valence electrons. The predicted molar refractivity (Wildman–Crippen MR) is 80.8 cm³/mol. The third kappa shape index (κ3) is 3.20. The smallest absolute Gasteiger partial charge is 0.264 e. The summed E-state index contributed by atoms with van der Waals surface area (Å²) in [4.78, 5) is 5.63. The van der Waals surface area contributed by atoms with Crippen LogP contribution in [0.1, 0.15) is 0 Å². The number of nitrogens with zero attached hydrogens (tertiary/aromatic N) is 2. The SMILES string of the molecule is CN(C)c1cccc(NS(=O)(=O)c2cnccc2Cl)c1. The van der Waals surface area contributed by atoms with Gasteiger partial charge in [-0.3, -0.25) is 9.71 Å². The van der Waals surface area contributed by atoms with Crippen LogP contribution in [0.25, 0.3) is 0 Å². The summed E-state index contributed by atoms with van der Waals surface area (Å²) < 4.78 is 27.0. The summed E-state index contributed by atoms with van der Waals surface area (Å²) in [7, 11) is 0.0117. The van der Waals surface area contributed by atoms with Gasteiger partial charge in [0.1, 0.15) is 4.90 Å². The van der Waals surface area contributed by atoms with Gasteiger partial charge in [0.05, 0.1) is 10.7 Å². The van der Waals surface area contributed by atoms with Crippen molar-refractivity contribution in [3.8, 4) is 0 Å². The van der Waals surface area contributed by atoms with Gasteiger partial charge in [0.25, 0.3) is 10.0 Å². The van der Waals surface area contributed by atoms with E-state index in [1.807, 2.05) is 25.1 Å². The topological polar surface area (TPSA) is 62.3 Å². The second kappa shape index (κ2) is 5.68. The number of pyridine rings is 1. The van der Waals surface area contributed by atoms with Gasteiger partial charge in [0.15, 0.2) is 0 Å². The molecule has 20 heavy (non-hydrogen) atoms. The Labute approximate surface area is 123 Å². The fourth-order valence-electron chi connectivity index (χ4n) is 1.62. The summed E-state index contributed by atoms with van der Waals surface area (Å²) in [6.07, 6.45) is 2.66. The molecule has 0 spiro atoms. The van der Waals surface area contributed by atoms with E-state index in [1.54, 1.807) is 18.2 Å². The Morgan fingerprint density at radius 1 is 1.25 bits per heavy atom. The Balaban J connectivity index is 2.34. The number of halogens is 1. The average molecular weight is 312 g/mol. The largest absolute Gasteiger partial charge is 0.378 e. The molecule has 0 aliphatic rings. The molecule has 0 fully saturated rings. The second-order valence-corrected chi connectivity index (χ2v) is 6.41. The van der Waals surface area contributed by atoms with Crippen molar-refractivity contribution in [1.29, 1.82) is 0 Å². The Morgan fingerprint density at radius 3 is 2.65 bits per heavy atom. The van der Waals surface area contributed by atoms with Crippen LogP contribution in [0.2, 0.25) is 5.02 Å². The van der Waals surface area contributed by atoms with Crippen LogP contribution >= 0.6 is 11.6 Å². The molecule has 0 unspecified atom stereocenters. The van der Waals surface area contributed by atoms with E-state index >= 15 is 0 Å². The van der Waals surface area contributed by atoms with E-state index in [-0.39, 0.29) is 9.92 Å². The summed E-state index contributed by atoms with van der Waals surface area (Å²) in [6, 6.07) is 8.51. The fourth-order valence-corrected chi connectivity index (χ4v) is 3.10. The first-order valence-electron chi connectivity index (χ1n) is 5.80. The molecule has 0 amide bonds. The minimum atomic E-state index is -3.75. The predicted octanol–water partition coefficient (Wildman–Crippen LogP) is 2.60. The van der Waals surface area contributed by atoms with Crippen LogP contribution in [0.15, 0.2) is 47.6 Å². The third-order valence-electron chi connectivity index (χ3n) is 2.64. The molecule has 0 bridgehead atoms. The highest BCUT2D eigenvalue weighted by Crippen LogP contribution is 2.24. The Morgan fingerprint density at radius 2 is 2.00 bits per heavy atom. The molecular weight excluding hydrogens is 298 g/mol. The first-order valence-corrected chi connectivity index (χ1v) is 7.66. The van der Waals surface area contributed by atoms with E-state index in [0.717, 1.165) is 5.69 Å². The van der Waals surface area contributed by atoms with Crippen molar-refractivity contribution in [3.05, 3.63) is 47.7 Å². The van der Waals surface area contributed by atoms with Crippen LogP contribution in [0.3, 0.4) is 0 Å². The molecule has 0 radical (unpaired) electrons. The molecule has 2 rings (SSSR count). The normalized spacial score (nSPS) is 11.2. The molecule has 1 N–H and O–H groups in total. The molecule has 0 saturated carbocycles. The molecular formula is C13H14ClN3O2S. The Bertz CT molecular complexity index is 717. The fraction of sp³-hybridized carbons (Fsp3) is 0.154. The lowest BCUT2D eigenvalue weighted by Crippen LogP contribution is -2.14. The van der Waals surface area contributed by atoms with Crippen molar-refractivity contribution < 1.29 is 8.42 Å². The maximum Gasteiger partial charge on any atom is 0.264 e. The Kier molecular flexibility index (Phi) is 4.15. The minimum absolute atomic E-state index is 0.0445. The highest BCUT2D eigenvalue weighted by molar-refractivity contribution is 7.92. The lowest BCUT2D eigenvalue weighted by molar-refractivity contribution is 0.601. The van der Waals surface area contributed by atoms with Gasteiger partial charge in [-0.05, 0) is 24.3 Å². The van der Waals surface area contributed by atoms with Crippen LogP contribution in [-0.2, 0) is 10.0 Å². The number of anilines is 2. The zero-order chi connectivity index (χ0) is 14.8. The first kappa shape index (κ1) is 14.6. The second-order valence-electron chi connectivity index (χ2n) is 4.36. The van der Waals surface area contributed by atoms with Gasteiger partial charge in [-0.25, -0.2) is 8.42 Å². The molecule has 7 heteroatoms. The molecule has 1 aromatic heterocycles. The van der Waals surface area contributed by atoms with Gasteiger partial charge in [0, 0.05) is 32.2 Å². The monoisotopic (exact) mass is 311 g/mol. The van der Waals surface area contributed by atoms with Gasteiger partial charge < -0.3 is 4.90 Å². The Hall–Kier alpha value is -1.79. The van der Waals surface area contributed by atoms with Crippen molar-refractivity contribution in [2.24, 2.45) is 0 Å². The third-order valence-corrected chi connectivity index (χ3v) is 4.49. The molecule has 2 aromatic rings. The van der Waals surface area contributed by atoms with Crippen LogP contribution < -0.4 is 9.62 Å². The standard InChI is InChI=1S/C13H14ClN3O2S/c1-17(2)11-5-3-4-10(8-11)16-20(18,19)13-9-15-7-6-12(13)14/h3-9,16H,1-2H3. The molecule has 1 aromatic carbocycles. The van der Waals surface area contributed by atoms with E-state index < -0.39 is 10.0 Å². The summed E-state index contributed by atoms with van der Waals surface area (Å²) in [5.74, 6) is 0. The number of hydrogen-bond donors (Lipinski definition) is 1. The van der Waals surface area contributed by atoms with E-state index in [4.69, 9.17) is 11.6 Å². The highest BCUT2D eigenvalue weighted by atomic mass is 35.5. The molecule has 1 heterocycles. The number of rotatable bonds is 4. The molecule has 0 aliphatic heterocycles. The average Bonchev–Trinajstić information content (AvgIpc) is 2.38. The van der Waals surface area contributed by atoms with E-state index in [1.165, 1.54) is 18.5 Å². The molecule has 5 nitrogen and oxygen atoms in total. The number of benzene rings is 1. The zero-order valence-corrected chi connectivity index (χ0v) is 12.6. The van der Waals surface area contributed by atoms with Crippen LogP contribution in [0.5, 0.6) is 0 Å². The van der Waals surface area contributed by atoms with E-state index in [2.05, 4.69) is 9.71 Å². The van der Waals surface area contributed by atoms with Crippen LogP contribution in [0.4, 0.5) is 11.4 Å². The number of nitrogens with one attached hydrogen (secondary N) is 1. The van der Waals surface area contributed by atoms with Gasteiger partial charge in [-0.15, -0.1) is 0 Å². The van der Waals surface area contributed by atoms with E-state index in [9.17, 15) is 8.42 Å². The lowest BCUT2D eigenvalue weighted by atomic mass is 10.3. The van der Waals surface area contributed by atoms with Crippen molar-refractivity contribution in [3.63, 3.8) is 0 Å². The summed E-state index contributed by atoms with van der Waals surface area (Å²) in [6.45, 7) is 0. The van der Waals surface area contributed by atoms with Crippen molar-refractivity contribution in [2.75, 3.05) is 23.7 Å². The van der Waals surface area contributed by atoms with Gasteiger partial charge in [-0.2, -0.15) is 0 Å². The minimum Gasteiger partial charge on any atom is -0.378 e. The van der Waals surface area contributed by atoms with Crippen molar-refractivity contribution in [2.45, 2.75) is 4.90 Å². The lowest BCUT2D eigenvalue weighted by Gasteiger charge is -2.14. The highest BCUT2D eigenvalue weighted by Gasteiger charge is 2.18. The molecule has 0 saturated heterocycles.